The van der Waals surface area contributed by atoms with Gasteiger partial charge in [0.2, 0.25) is 11.8 Å². The third-order valence-electron chi connectivity index (χ3n) is 14.4. The number of carbonyl (C=O) groups excluding carboxylic acids is 2. The van der Waals surface area contributed by atoms with Crippen LogP contribution in [0.5, 0.6) is 11.5 Å². The first-order valence-electron chi connectivity index (χ1n) is 19.5. The van der Waals surface area contributed by atoms with Crippen molar-refractivity contribution in [2.24, 2.45) is 46.3 Å². The zero-order valence-electron chi connectivity index (χ0n) is 31.2. The molecule has 4 fully saturated rings. The van der Waals surface area contributed by atoms with Crippen LogP contribution in [0.15, 0.2) is 48.5 Å². The lowest BCUT2D eigenvalue weighted by Gasteiger charge is -2.63. The standard InChI is InChI=1S/C42H58N2O9/c1-23(28-11-12-29-38-30(22-36(49)42(28,29)3)41(2)16-15-27(45)20-26(41)21-35(38)48)9-14-37(50)43-31(17-24-7-5-4-6-8-24)39(51)44-32(40(52)53)18-25-10-13-33(46)34(47)19-25/h4-8,10,13,19,23,26-32,35-36,38,45-49H,9,11-12,14-18,20-22H2,1-3H3,(H,43,50)(H,44,51)(H,52,53)/t23-,26?,27-,28?,29?,30?,31?,32+,35?,36+,38?,41+,42-/m1/s1. The molecule has 2 aromatic carbocycles. The molecule has 4 saturated carbocycles. The van der Waals surface area contributed by atoms with E-state index in [1.807, 2.05) is 30.3 Å². The molecule has 0 radical (unpaired) electrons. The summed E-state index contributed by atoms with van der Waals surface area (Å²) in [5.74, 6) is -2.01. The van der Waals surface area contributed by atoms with E-state index >= 15 is 0 Å². The van der Waals surface area contributed by atoms with E-state index in [0.29, 0.717) is 24.8 Å². The van der Waals surface area contributed by atoms with E-state index in [9.17, 15) is 45.0 Å². The van der Waals surface area contributed by atoms with E-state index in [1.54, 1.807) is 0 Å². The molecule has 11 nitrogen and oxygen atoms in total. The van der Waals surface area contributed by atoms with Gasteiger partial charge in [-0.05, 0) is 121 Å². The number of benzene rings is 2. The summed E-state index contributed by atoms with van der Waals surface area (Å²) in [7, 11) is 0. The maximum absolute atomic E-state index is 13.6. The molecule has 0 aromatic heterocycles. The number of aromatic hydroxyl groups is 2. The second-order valence-corrected chi connectivity index (χ2v) is 17.3. The van der Waals surface area contributed by atoms with Gasteiger partial charge in [-0.25, -0.2) is 4.79 Å². The fourth-order valence-electron chi connectivity index (χ4n) is 11.4. The molecular weight excluding hydrogens is 676 g/mol. The van der Waals surface area contributed by atoms with Crippen molar-refractivity contribution >= 4 is 17.8 Å². The number of carboxylic acids is 1. The number of fused-ring (bicyclic) bond motifs is 5. The SMILES string of the molecule is C[C@H](CCC(=O)NC(Cc1ccccc1)C(=O)N[C@@H](Cc1ccc(O)c(O)c1)C(=O)O)C1CCC2C3C(O)CC4C[C@H](O)CC[C@]4(C)C3C[C@H](O)[C@@]21C. The molecule has 53 heavy (non-hydrogen) atoms. The van der Waals surface area contributed by atoms with Crippen LogP contribution in [-0.4, -0.2) is 78.8 Å². The van der Waals surface area contributed by atoms with Crippen molar-refractivity contribution in [2.75, 3.05) is 0 Å². The van der Waals surface area contributed by atoms with Gasteiger partial charge in [-0.3, -0.25) is 9.59 Å². The zero-order valence-corrected chi connectivity index (χ0v) is 31.2. The Kier molecular flexibility index (Phi) is 11.5. The number of nitrogens with one attached hydrogen (secondary N) is 2. The number of aliphatic carboxylic acids is 1. The molecule has 13 atom stereocenters. The number of hydrogen-bond donors (Lipinski definition) is 8. The third kappa shape index (κ3) is 7.80. The minimum Gasteiger partial charge on any atom is -0.504 e. The van der Waals surface area contributed by atoms with Crippen molar-refractivity contribution in [1.29, 1.82) is 0 Å². The molecule has 0 spiro atoms. The van der Waals surface area contributed by atoms with E-state index in [-0.39, 0.29) is 77.9 Å². The zero-order chi connectivity index (χ0) is 38.2. The molecule has 290 valence electrons. The molecule has 8 N–H and O–H groups in total. The highest BCUT2D eigenvalue weighted by molar-refractivity contribution is 5.90. The first-order chi connectivity index (χ1) is 25.1. The lowest BCUT2D eigenvalue weighted by atomic mass is 9.43. The van der Waals surface area contributed by atoms with Gasteiger partial charge >= 0.3 is 5.97 Å². The molecule has 11 heteroatoms. The monoisotopic (exact) mass is 734 g/mol. The van der Waals surface area contributed by atoms with Crippen molar-refractivity contribution < 1.29 is 45.0 Å². The second kappa shape index (κ2) is 15.6. The van der Waals surface area contributed by atoms with Crippen LogP contribution in [0.1, 0.15) is 89.7 Å². The van der Waals surface area contributed by atoms with Gasteiger partial charge in [-0.1, -0.05) is 57.2 Å². The number of amides is 2. The number of phenols is 2. The van der Waals surface area contributed by atoms with Gasteiger partial charge in [0.15, 0.2) is 11.5 Å². The highest BCUT2D eigenvalue weighted by Gasteiger charge is 2.65. The van der Waals surface area contributed by atoms with Gasteiger partial charge in [0, 0.05) is 19.3 Å². The van der Waals surface area contributed by atoms with Gasteiger partial charge in [-0.15, -0.1) is 0 Å². The van der Waals surface area contributed by atoms with E-state index < -0.39 is 47.3 Å². The van der Waals surface area contributed by atoms with E-state index in [2.05, 4.69) is 31.4 Å². The Morgan fingerprint density at radius 2 is 1.55 bits per heavy atom. The van der Waals surface area contributed by atoms with Crippen LogP contribution >= 0.6 is 0 Å². The molecule has 4 aliphatic carbocycles. The topological polar surface area (TPSA) is 197 Å². The van der Waals surface area contributed by atoms with E-state index in [1.165, 1.54) is 18.2 Å². The predicted molar refractivity (Wildman–Crippen MR) is 198 cm³/mol. The van der Waals surface area contributed by atoms with Crippen molar-refractivity contribution in [3.63, 3.8) is 0 Å². The van der Waals surface area contributed by atoms with Crippen LogP contribution in [0.4, 0.5) is 0 Å². The highest BCUT2D eigenvalue weighted by Crippen LogP contribution is 2.68. The van der Waals surface area contributed by atoms with Crippen LogP contribution in [-0.2, 0) is 27.2 Å². The van der Waals surface area contributed by atoms with Gasteiger partial charge < -0.3 is 41.3 Å². The molecule has 0 bridgehead atoms. The molecule has 0 aliphatic heterocycles. The van der Waals surface area contributed by atoms with Gasteiger partial charge in [-0.2, -0.15) is 0 Å². The molecule has 2 amide bonds. The maximum Gasteiger partial charge on any atom is 0.326 e. The molecule has 7 unspecified atom stereocenters. The summed E-state index contributed by atoms with van der Waals surface area (Å²) in [4.78, 5) is 39.3. The van der Waals surface area contributed by atoms with E-state index in [0.717, 1.165) is 37.7 Å². The average Bonchev–Trinajstić information content (AvgIpc) is 3.48. The summed E-state index contributed by atoms with van der Waals surface area (Å²) in [6.07, 6.45) is 4.97. The number of carboxylic acid groups (broad SMARTS) is 1. The Hall–Kier alpha value is -3.67. The van der Waals surface area contributed by atoms with Crippen LogP contribution in [0, 0.1) is 46.3 Å². The van der Waals surface area contributed by atoms with Gasteiger partial charge in [0.25, 0.3) is 0 Å². The Morgan fingerprint density at radius 3 is 2.25 bits per heavy atom. The molecule has 0 heterocycles. The predicted octanol–water partition coefficient (Wildman–Crippen LogP) is 4.31. The van der Waals surface area contributed by atoms with Crippen molar-refractivity contribution in [3.05, 3.63) is 59.7 Å². The number of aliphatic hydroxyl groups excluding tert-OH is 3. The summed E-state index contributed by atoms with van der Waals surface area (Å²) in [5.41, 5.74) is 0.790. The summed E-state index contributed by atoms with van der Waals surface area (Å²) in [6.45, 7) is 6.65. The summed E-state index contributed by atoms with van der Waals surface area (Å²) < 4.78 is 0. The Balaban J connectivity index is 1.11. The second-order valence-electron chi connectivity index (χ2n) is 17.3. The summed E-state index contributed by atoms with van der Waals surface area (Å²) in [6, 6.07) is 10.7. The van der Waals surface area contributed by atoms with Crippen LogP contribution in [0.2, 0.25) is 0 Å². The minimum atomic E-state index is -1.35. The molecule has 6 rings (SSSR count). The fraction of sp³-hybridized carbons (Fsp3) is 0.643. The number of rotatable bonds is 12. The Labute approximate surface area is 312 Å². The van der Waals surface area contributed by atoms with E-state index in [4.69, 9.17) is 0 Å². The molecular formula is C42H58N2O9. The summed E-state index contributed by atoms with van der Waals surface area (Å²) >= 11 is 0. The molecule has 4 aliphatic rings. The number of phenolic OH excluding ortho intramolecular Hbond substituents is 2. The minimum absolute atomic E-state index is 0.00518. The highest BCUT2D eigenvalue weighted by atomic mass is 16.4. The van der Waals surface area contributed by atoms with Crippen LogP contribution in [0.3, 0.4) is 0 Å². The lowest BCUT2D eigenvalue weighted by Crippen LogP contribution is -2.62. The molecule has 2 aromatic rings. The van der Waals surface area contributed by atoms with Gasteiger partial charge in [0.05, 0.1) is 18.3 Å². The maximum atomic E-state index is 13.6. The van der Waals surface area contributed by atoms with Crippen LogP contribution in [0.25, 0.3) is 0 Å². The van der Waals surface area contributed by atoms with Crippen molar-refractivity contribution in [1.82, 2.24) is 10.6 Å². The average molecular weight is 735 g/mol. The van der Waals surface area contributed by atoms with Crippen LogP contribution < -0.4 is 10.6 Å². The normalized spacial score (nSPS) is 35.1. The Bertz CT molecular complexity index is 1640. The first kappa shape index (κ1) is 39.0. The summed E-state index contributed by atoms with van der Waals surface area (Å²) in [5, 5.41) is 68.9. The largest absolute Gasteiger partial charge is 0.504 e. The van der Waals surface area contributed by atoms with Crippen molar-refractivity contribution in [3.8, 4) is 11.5 Å². The lowest BCUT2D eigenvalue weighted by molar-refractivity contribution is -0.207. The fourth-order valence-corrected chi connectivity index (χ4v) is 11.4. The number of carbonyl (C=O) groups is 3. The first-order valence-corrected chi connectivity index (χ1v) is 19.5. The number of hydrogen-bond acceptors (Lipinski definition) is 8. The van der Waals surface area contributed by atoms with Crippen molar-refractivity contribution in [2.45, 2.75) is 122 Å². The third-order valence-corrected chi connectivity index (χ3v) is 14.4. The number of aliphatic hydroxyl groups is 3. The van der Waals surface area contributed by atoms with Gasteiger partial charge in [0.1, 0.15) is 12.1 Å². The molecule has 0 saturated heterocycles. The quantitative estimate of drug-likeness (QED) is 0.147. The smallest absolute Gasteiger partial charge is 0.326 e. The Morgan fingerprint density at radius 1 is 0.830 bits per heavy atom.